The van der Waals surface area contributed by atoms with Gasteiger partial charge in [0.2, 0.25) is 5.91 Å². The molecule has 0 radical (unpaired) electrons. The highest BCUT2D eigenvalue weighted by Gasteiger charge is 2.15. The van der Waals surface area contributed by atoms with Crippen molar-refractivity contribution < 1.29 is 9.32 Å². The molecule has 1 atom stereocenters. The van der Waals surface area contributed by atoms with Crippen molar-refractivity contribution in [3.05, 3.63) is 71.6 Å². The molecule has 1 saturated heterocycles. The number of amides is 1. The lowest BCUT2D eigenvalue weighted by molar-refractivity contribution is -0.120. The van der Waals surface area contributed by atoms with Crippen LogP contribution < -0.4 is 10.6 Å². The zero-order chi connectivity index (χ0) is 19.2. The number of aromatic nitrogens is 2. The summed E-state index contributed by atoms with van der Waals surface area (Å²) in [4.78, 5) is 16.5. The van der Waals surface area contributed by atoms with Gasteiger partial charge in [0.05, 0.1) is 18.7 Å². The number of hydrogen-bond donors (Lipinski definition) is 2. The van der Waals surface area contributed by atoms with Gasteiger partial charge in [-0.3, -0.25) is 9.78 Å². The third-order valence-electron chi connectivity index (χ3n) is 5.02. The molecule has 0 bridgehead atoms. The zero-order valence-corrected chi connectivity index (χ0v) is 15.7. The van der Waals surface area contributed by atoms with E-state index < -0.39 is 0 Å². The van der Waals surface area contributed by atoms with Crippen LogP contribution in [0.15, 0.2) is 59.3 Å². The Balaban J connectivity index is 1.26. The Labute approximate surface area is 164 Å². The highest BCUT2D eigenvalue weighted by molar-refractivity contribution is 5.78. The molecule has 6 heteroatoms. The second kappa shape index (κ2) is 8.80. The fourth-order valence-electron chi connectivity index (χ4n) is 3.48. The van der Waals surface area contributed by atoms with Gasteiger partial charge in [-0.1, -0.05) is 35.5 Å². The third-order valence-corrected chi connectivity index (χ3v) is 5.02. The Kier molecular flexibility index (Phi) is 5.77. The maximum absolute atomic E-state index is 12.2. The van der Waals surface area contributed by atoms with E-state index in [0.29, 0.717) is 24.4 Å². The zero-order valence-electron chi connectivity index (χ0n) is 15.7. The minimum atomic E-state index is -0.0384. The van der Waals surface area contributed by atoms with Crippen molar-refractivity contribution in [3.63, 3.8) is 0 Å². The molecule has 0 saturated carbocycles. The van der Waals surface area contributed by atoms with E-state index in [4.69, 9.17) is 4.52 Å². The SMILES string of the molecule is O=C(Cc1ccc(CC2CCNC2)cc1)NCc1cc(-c2ccccn2)no1. The summed E-state index contributed by atoms with van der Waals surface area (Å²) in [5, 5.41) is 10.3. The fourth-order valence-corrected chi connectivity index (χ4v) is 3.48. The Bertz CT molecular complexity index is 900. The van der Waals surface area contributed by atoms with Gasteiger partial charge in [0.15, 0.2) is 5.76 Å². The van der Waals surface area contributed by atoms with E-state index >= 15 is 0 Å². The summed E-state index contributed by atoms with van der Waals surface area (Å²) >= 11 is 0. The minimum Gasteiger partial charge on any atom is -0.359 e. The first-order valence-corrected chi connectivity index (χ1v) is 9.68. The number of carbonyl (C=O) groups excluding carboxylic acids is 1. The standard InChI is InChI=1S/C22H24N4O2/c27-22(12-17-6-4-16(5-7-17)11-18-8-10-23-14-18)25-15-19-13-21(26-28-19)20-3-1-2-9-24-20/h1-7,9,13,18,23H,8,10-12,14-15H2,(H,25,27). The van der Waals surface area contributed by atoms with Crippen LogP contribution in [-0.2, 0) is 24.2 Å². The maximum Gasteiger partial charge on any atom is 0.224 e. The highest BCUT2D eigenvalue weighted by atomic mass is 16.5. The topological polar surface area (TPSA) is 80.0 Å². The molecule has 28 heavy (non-hydrogen) atoms. The van der Waals surface area contributed by atoms with E-state index in [1.165, 1.54) is 12.0 Å². The number of rotatable bonds is 7. The summed E-state index contributed by atoms with van der Waals surface area (Å²) in [6, 6.07) is 15.8. The largest absolute Gasteiger partial charge is 0.359 e. The molecule has 1 unspecified atom stereocenters. The number of nitrogens with one attached hydrogen (secondary N) is 2. The molecule has 144 valence electrons. The number of hydrogen-bond acceptors (Lipinski definition) is 5. The van der Waals surface area contributed by atoms with Crippen LogP contribution in [0.5, 0.6) is 0 Å². The van der Waals surface area contributed by atoms with Crippen molar-refractivity contribution in [1.82, 2.24) is 20.8 Å². The molecule has 1 aromatic carbocycles. The Morgan fingerprint density at radius 2 is 2.00 bits per heavy atom. The van der Waals surface area contributed by atoms with Gasteiger partial charge in [-0.15, -0.1) is 0 Å². The van der Waals surface area contributed by atoms with Gasteiger partial charge in [0, 0.05) is 12.3 Å². The van der Waals surface area contributed by atoms with Crippen molar-refractivity contribution in [2.45, 2.75) is 25.8 Å². The highest BCUT2D eigenvalue weighted by Crippen LogP contribution is 2.17. The first-order chi connectivity index (χ1) is 13.8. The van der Waals surface area contributed by atoms with Gasteiger partial charge >= 0.3 is 0 Å². The predicted molar refractivity (Wildman–Crippen MR) is 106 cm³/mol. The molecule has 1 fully saturated rings. The van der Waals surface area contributed by atoms with Gasteiger partial charge in [0.1, 0.15) is 5.69 Å². The number of benzene rings is 1. The van der Waals surface area contributed by atoms with Gasteiger partial charge in [-0.2, -0.15) is 0 Å². The van der Waals surface area contributed by atoms with E-state index in [1.807, 2.05) is 30.3 Å². The van der Waals surface area contributed by atoms with Crippen LogP contribution in [0.25, 0.3) is 11.4 Å². The maximum atomic E-state index is 12.2. The molecule has 2 N–H and O–H groups in total. The van der Waals surface area contributed by atoms with Crippen molar-refractivity contribution in [3.8, 4) is 11.4 Å². The van der Waals surface area contributed by atoms with Crippen molar-refractivity contribution in [2.75, 3.05) is 13.1 Å². The first-order valence-electron chi connectivity index (χ1n) is 9.68. The molecule has 3 aromatic rings. The molecule has 4 rings (SSSR count). The fraction of sp³-hybridized carbons (Fsp3) is 0.318. The summed E-state index contributed by atoms with van der Waals surface area (Å²) in [5.74, 6) is 1.30. The minimum absolute atomic E-state index is 0.0384. The third kappa shape index (κ3) is 4.84. The van der Waals surface area contributed by atoms with Crippen LogP contribution in [-0.4, -0.2) is 29.1 Å². The summed E-state index contributed by atoms with van der Waals surface area (Å²) in [6.45, 7) is 2.54. The number of carbonyl (C=O) groups is 1. The van der Waals surface area contributed by atoms with Crippen molar-refractivity contribution in [2.24, 2.45) is 5.92 Å². The summed E-state index contributed by atoms with van der Waals surface area (Å²) < 4.78 is 5.29. The smallest absolute Gasteiger partial charge is 0.224 e. The van der Waals surface area contributed by atoms with Crippen LogP contribution in [0.1, 0.15) is 23.3 Å². The van der Waals surface area contributed by atoms with Gasteiger partial charge < -0.3 is 15.2 Å². The first kappa shape index (κ1) is 18.4. The summed E-state index contributed by atoms with van der Waals surface area (Å²) in [7, 11) is 0. The van der Waals surface area contributed by atoms with Crippen LogP contribution in [0, 0.1) is 5.92 Å². The Morgan fingerprint density at radius 3 is 2.75 bits per heavy atom. The van der Waals surface area contributed by atoms with Gasteiger partial charge in [-0.05, 0) is 55.1 Å². The normalized spacial score (nSPS) is 16.2. The Hall–Kier alpha value is -2.99. The van der Waals surface area contributed by atoms with Crippen LogP contribution in [0.2, 0.25) is 0 Å². The molecule has 1 aliphatic heterocycles. The van der Waals surface area contributed by atoms with E-state index in [2.05, 4.69) is 32.9 Å². The molecule has 6 nitrogen and oxygen atoms in total. The van der Waals surface area contributed by atoms with Crippen molar-refractivity contribution >= 4 is 5.91 Å². The van der Waals surface area contributed by atoms with Crippen LogP contribution in [0.3, 0.4) is 0 Å². The summed E-state index contributed by atoms with van der Waals surface area (Å²) in [6.07, 6.45) is 4.41. The van der Waals surface area contributed by atoms with Gasteiger partial charge in [-0.25, -0.2) is 0 Å². The average molecular weight is 376 g/mol. The van der Waals surface area contributed by atoms with Crippen LogP contribution in [0.4, 0.5) is 0 Å². The molecular weight excluding hydrogens is 352 g/mol. The molecule has 1 amide bonds. The number of pyridine rings is 1. The van der Waals surface area contributed by atoms with E-state index in [9.17, 15) is 4.79 Å². The quantitative estimate of drug-likeness (QED) is 0.663. The average Bonchev–Trinajstić information content (AvgIpc) is 3.41. The lowest BCUT2D eigenvalue weighted by Gasteiger charge is -2.09. The molecule has 0 aliphatic carbocycles. The second-order valence-corrected chi connectivity index (χ2v) is 7.23. The van der Waals surface area contributed by atoms with Crippen molar-refractivity contribution in [1.29, 1.82) is 0 Å². The van der Waals surface area contributed by atoms with E-state index in [1.54, 1.807) is 12.3 Å². The van der Waals surface area contributed by atoms with Crippen LogP contribution >= 0.6 is 0 Å². The van der Waals surface area contributed by atoms with E-state index in [0.717, 1.165) is 36.7 Å². The summed E-state index contributed by atoms with van der Waals surface area (Å²) in [5.41, 5.74) is 3.76. The Morgan fingerprint density at radius 1 is 1.14 bits per heavy atom. The molecule has 2 aromatic heterocycles. The lowest BCUT2D eigenvalue weighted by atomic mass is 9.97. The predicted octanol–water partition coefficient (Wildman–Crippen LogP) is 2.75. The monoisotopic (exact) mass is 376 g/mol. The lowest BCUT2D eigenvalue weighted by Crippen LogP contribution is -2.24. The molecule has 1 aliphatic rings. The van der Waals surface area contributed by atoms with E-state index in [-0.39, 0.29) is 5.91 Å². The number of nitrogens with zero attached hydrogens (tertiary/aromatic N) is 2. The molecular formula is C22H24N4O2. The molecule has 0 spiro atoms. The molecule has 3 heterocycles. The second-order valence-electron chi connectivity index (χ2n) is 7.23. The van der Waals surface area contributed by atoms with Gasteiger partial charge in [0.25, 0.3) is 0 Å².